The van der Waals surface area contributed by atoms with Gasteiger partial charge in [0.15, 0.2) is 0 Å². The highest BCUT2D eigenvalue weighted by Gasteiger charge is 2.46. The Kier molecular flexibility index (Phi) is 8.35. The quantitative estimate of drug-likeness (QED) is 0.519. The molecule has 168 valence electrons. The molecular weight excluding hydrogens is 415 g/mol. The van der Waals surface area contributed by atoms with Crippen LogP contribution in [0.1, 0.15) is 39.5 Å². The number of hydrogen-bond acceptors (Lipinski definition) is 2. The number of aromatic nitrogens is 1. The maximum Gasteiger partial charge on any atom is 0.354 e. The lowest BCUT2D eigenvalue weighted by molar-refractivity contribution is -0.605. The summed E-state index contributed by atoms with van der Waals surface area (Å²) in [6.45, 7) is 4.59. The standard InChI is InChI=1S/C26H34BN4.ClH/c1-3-5-20-27(21-6-4-2)30-22-14-13-19-25(30)29-26(28-23-15-9-7-10-16-23)31(27)24-17-11-8-12-18-24;/h7-19,22,28-29H,3-6,20-21H2,1-2H3;1H/q+1;/p-1. The zero-order chi connectivity index (χ0) is 21.5. The molecule has 2 heterocycles. The third-order valence-electron chi connectivity index (χ3n) is 6.49. The molecule has 0 atom stereocenters. The first kappa shape index (κ1) is 23.9. The van der Waals surface area contributed by atoms with Crippen molar-refractivity contribution in [1.82, 2.24) is 0 Å². The van der Waals surface area contributed by atoms with E-state index in [0.717, 1.165) is 30.1 Å². The molecule has 6 heteroatoms. The van der Waals surface area contributed by atoms with Crippen molar-refractivity contribution in [3.8, 4) is 0 Å². The smallest absolute Gasteiger partial charge is 0.354 e. The van der Waals surface area contributed by atoms with Crippen molar-refractivity contribution in [1.29, 1.82) is 0 Å². The van der Waals surface area contributed by atoms with Gasteiger partial charge in [0, 0.05) is 12.3 Å². The van der Waals surface area contributed by atoms with Gasteiger partial charge < -0.3 is 21.4 Å². The van der Waals surface area contributed by atoms with Crippen molar-refractivity contribution in [2.24, 2.45) is 0 Å². The van der Waals surface area contributed by atoms with Crippen molar-refractivity contribution < 1.29 is 21.4 Å². The van der Waals surface area contributed by atoms with Gasteiger partial charge in [0.25, 0.3) is 0 Å². The molecule has 0 saturated carbocycles. The summed E-state index contributed by atoms with van der Waals surface area (Å²) in [6, 6.07) is 27.8. The van der Waals surface area contributed by atoms with Crippen molar-refractivity contribution in [3.05, 3.63) is 85.1 Å². The van der Waals surface area contributed by atoms with Gasteiger partial charge in [0.2, 0.25) is 5.82 Å². The Morgan fingerprint density at radius 3 is 2.00 bits per heavy atom. The lowest BCUT2D eigenvalue weighted by Gasteiger charge is -2.43. The number of anilines is 2. The summed E-state index contributed by atoms with van der Waals surface area (Å²) in [6.07, 6.45) is 8.28. The molecule has 0 unspecified atom stereocenters. The molecule has 4 nitrogen and oxygen atoms in total. The number of halogens is 1. The summed E-state index contributed by atoms with van der Waals surface area (Å²) < 4.78 is 5.08. The number of nitrogens with one attached hydrogen (secondary N) is 2. The number of fused-ring (bicyclic) bond motifs is 1. The van der Waals surface area contributed by atoms with Crippen LogP contribution in [0.25, 0.3) is 0 Å². The predicted molar refractivity (Wildman–Crippen MR) is 132 cm³/mol. The highest BCUT2D eigenvalue weighted by atomic mass is 35.5. The van der Waals surface area contributed by atoms with Gasteiger partial charge in [0.05, 0.1) is 11.4 Å². The van der Waals surface area contributed by atoms with E-state index in [0.29, 0.717) is 0 Å². The summed E-state index contributed by atoms with van der Waals surface area (Å²) in [5.41, 5.74) is 2.31. The third-order valence-corrected chi connectivity index (χ3v) is 6.49. The van der Waals surface area contributed by atoms with Crippen LogP contribution < -0.4 is 27.5 Å². The van der Waals surface area contributed by atoms with Crippen molar-refractivity contribution in [3.63, 3.8) is 0 Å². The van der Waals surface area contributed by atoms with E-state index in [1.807, 2.05) is 0 Å². The van der Waals surface area contributed by atoms with Crippen LogP contribution in [0.4, 0.5) is 17.2 Å². The number of para-hydroxylation sites is 2. The first-order valence-corrected chi connectivity index (χ1v) is 11.8. The Labute approximate surface area is 198 Å². The molecule has 32 heavy (non-hydrogen) atoms. The third kappa shape index (κ3) is 4.83. The summed E-state index contributed by atoms with van der Waals surface area (Å²) in [5, 5.41) is 7.42. The maximum absolute atomic E-state index is 3.71. The van der Waals surface area contributed by atoms with Gasteiger partial charge in [-0.3, -0.25) is 0 Å². The van der Waals surface area contributed by atoms with E-state index in [1.54, 1.807) is 0 Å². The lowest BCUT2D eigenvalue weighted by Crippen LogP contribution is -3.00. The molecule has 0 amide bonds. The maximum atomic E-state index is 3.71. The van der Waals surface area contributed by atoms with Gasteiger partial charge in [-0.05, 0) is 30.3 Å². The van der Waals surface area contributed by atoms with Crippen LogP contribution in [0, 0.1) is 0 Å². The van der Waals surface area contributed by atoms with E-state index in [9.17, 15) is 0 Å². The average molecular weight is 449 g/mol. The zero-order valence-electron chi connectivity index (χ0n) is 19.2. The van der Waals surface area contributed by atoms with E-state index in [1.165, 1.54) is 31.4 Å². The fraction of sp³-hybridized carbons (Fsp3) is 0.308. The Morgan fingerprint density at radius 1 is 0.781 bits per heavy atom. The summed E-state index contributed by atoms with van der Waals surface area (Å²) in [5.74, 6) is 2.19. The van der Waals surface area contributed by atoms with E-state index in [4.69, 9.17) is 0 Å². The Hall–Kier alpha value is -2.79. The minimum absolute atomic E-state index is 0. The highest BCUT2D eigenvalue weighted by Crippen LogP contribution is 2.31. The molecule has 4 rings (SSSR count). The number of nitrogens with zero attached hydrogens (tertiary/aromatic N) is 2. The molecule has 2 aromatic carbocycles. The number of rotatable bonds is 8. The van der Waals surface area contributed by atoms with Crippen molar-refractivity contribution >= 4 is 29.6 Å². The van der Waals surface area contributed by atoms with Crippen LogP contribution in [-0.4, -0.2) is 16.9 Å². The molecule has 0 bridgehead atoms. The fourth-order valence-corrected chi connectivity index (χ4v) is 5.01. The average Bonchev–Trinajstić information content (AvgIpc) is 2.82. The molecular formula is C26H34BClN4. The van der Waals surface area contributed by atoms with Gasteiger partial charge in [-0.2, -0.15) is 5.32 Å². The topological polar surface area (TPSA) is 30.9 Å². The molecule has 1 aromatic heterocycles. The second-order valence-corrected chi connectivity index (χ2v) is 8.58. The summed E-state index contributed by atoms with van der Waals surface area (Å²) in [7, 11) is 0. The summed E-state index contributed by atoms with van der Waals surface area (Å²) >= 11 is 0. The number of benzene rings is 2. The van der Waals surface area contributed by atoms with Gasteiger partial charge in [-0.25, -0.2) is 5.32 Å². The van der Waals surface area contributed by atoms with Crippen molar-refractivity contribution in [2.45, 2.75) is 52.2 Å². The SMILES string of the molecule is CCCC[B-]1(CCCC)[N+](c2ccccc2)=C(Nc2ccccc2)Nc2cccc[n+]21.[Cl-]. The minimum atomic E-state index is -1.06. The first-order chi connectivity index (χ1) is 15.3. The molecule has 3 aromatic rings. The molecule has 1 aliphatic rings. The monoisotopic (exact) mass is 448 g/mol. The fourth-order valence-electron chi connectivity index (χ4n) is 5.01. The predicted octanol–water partition coefficient (Wildman–Crippen LogP) is 3.11. The normalized spacial score (nSPS) is 14.2. The first-order valence-electron chi connectivity index (χ1n) is 11.8. The van der Waals surface area contributed by atoms with Crippen LogP contribution in [0.2, 0.25) is 12.6 Å². The molecule has 1 aliphatic heterocycles. The Morgan fingerprint density at radius 2 is 1.38 bits per heavy atom. The highest BCUT2D eigenvalue weighted by molar-refractivity contribution is 6.65. The molecule has 0 aliphatic carbocycles. The lowest BCUT2D eigenvalue weighted by atomic mass is 9.38. The minimum Gasteiger partial charge on any atom is -1.00 e. The van der Waals surface area contributed by atoms with Gasteiger partial charge in [-0.1, -0.05) is 94.6 Å². The van der Waals surface area contributed by atoms with Crippen LogP contribution in [0.15, 0.2) is 85.1 Å². The van der Waals surface area contributed by atoms with Gasteiger partial charge >= 0.3 is 12.4 Å². The van der Waals surface area contributed by atoms with Crippen LogP contribution >= 0.6 is 0 Å². The number of unbranched alkanes of at least 4 members (excludes halogenated alkanes) is 2. The second kappa shape index (κ2) is 11.2. The van der Waals surface area contributed by atoms with E-state index < -0.39 is 6.42 Å². The van der Waals surface area contributed by atoms with Crippen LogP contribution in [0.3, 0.4) is 0 Å². The van der Waals surface area contributed by atoms with Crippen LogP contribution in [0.5, 0.6) is 0 Å². The van der Waals surface area contributed by atoms with E-state index >= 15 is 0 Å². The molecule has 0 fully saturated rings. The number of hydrogen-bond donors (Lipinski definition) is 2. The number of guanidine groups is 1. The molecule has 0 spiro atoms. The summed E-state index contributed by atoms with van der Waals surface area (Å²) in [4.78, 5) is 0. The van der Waals surface area contributed by atoms with Gasteiger partial charge in [0.1, 0.15) is 0 Å². The largest absolute Gasteiger partial charge is 1.00 e. The van der Waals surface area contributed by atoms with Gasteiger partial charge in [-0.15, -0.1) is 0 Å². The van der Waals surface area contributed by atoms with Crippen molar-refractivity contribution in [2.75, 3.05) is 10.6 Å². The second-order valence-electron chi connectivity index (χ2n) is 8.58. The van der Waals surface area contributed by atoms with E-state index in [-0.39, 0.29) is 12.4 Å². The zero-order valence-corrected chi connectivity index (χ0v) is 19.9. The van der Waals surface area contributed by atoms with Crippen LogP contribution in [-0.2, 0) is 0 Å². The number of pyridine rings is 1. The Bertz CT molecular complexity index is 1020. The van der Waals surface area contributed by atoms with E-state index in [2.05, 4.69) is 119 Å². The molecule has 0 radical (unpaired) electrons. The molecule has 2 N–H and O–H groups in total. The molecule has 0 saturated heterocycles. The Balaban J connectivity index is 0.00000289.